The van der Waals surface area contributed by atoms with Gasteiger partial charge in [-0.15, -0.1) is 22.7 Å². The number of thiophene rings is 1. The molecule has 8 heteroatoms. The Morgan fingerprint density at radius 1 is 1.35 bits per heavy atom. The van der Waals surface area contributed by atoms with E-state index in [-0.39, 0.29) is 12.5 Å². The van der Waals surface area contributed by atoms with Crippen LogP contribution in [0, 0.1) is 0 Å². The molecule has 4 rings (SSSR count). The number of carbonyl (C=O) groups excluding carboxylic acids is 1. The van der Waals surface area contributed by atoms with Gasteiger partial charge in [0.2, 0.25) is 0 Å². The Bertz CT molecular complexity index is 838. The first-order valence-corrected chi connectivity index (χ1v) is 8.95. The molecule has 0 saturated heterocycles. The predicted molar refractivity (Wildman–Crippen MR) is 88.3 cm³/mol. The molecule has 1 amide bonds. The van der Waals surface area contributed by atoms with Crippen molar-refractivity contribution in [2.24, 2.45) is 0 Å². The minimum Gasteiger partial charge on any atom is -0.390 e. The van der Waals surface area contributed by atoms with Crippen LogP contribution in [0.3, 0.4) is 0 Å². The maximum absolute atomic E-state index is 12.7. The first-order chi connectivity index (χ1) is 11.2. The van der Waals surface area contributed by atoms with Crippen molar-refractivity contribution in [2.75, 3.05) is 6.54 Å². The smallest absolute Gasteiger partial charge is 0.273 e. The zero-order valence-corrected chi connectivity index (χ0v) is 13.8. The predicted octanol–water partition coefficient (Wildman–Crippen LogP) is 2.22. The molecule has 0 fully saturated rings. The van der Waals surface area contributed by atoms with Gasteiger partial charge in [-0.1, -0.05) is 6.07 Å². The molecule has 6 nitrogen and oxygen atoms in total. The van der Waals surface area contributed by atoms with Gasteiger partial charge in [0.15, 0.2) is 0 Å². The molecule has 23 heavy (non-hydrogen) atoms. The molecule has 4 heterocycles. The highest BCUT2D eigenvalue weighted by Gasteiger charge is 2.25. The lowest BCUT2D eigenvalue weighted by Crippen LogP contribution is -2.38. The van der Waals surface area contributed by atoms with Gasteiger partial charge in [-0.3, -0.25) is 9.48 Å². The Hall–Kier alpha value is -2.03. The number of aliphatic hydroxyl groups is 1. The highest BCUT2D eigenvalue weighted by atomic mass is 32.1. The average molecular weight is 346 g/mol. The van der Waals surface area contributed by atoms with Crippen molar-refractivity contribution in [1.82, 2.24) is 19.7 Å². The summed E-state index contributed by atoms with van der Waals surface area (Å²) in [5, 5.41) is 18.2. The monoisotopic (exact) mass is 346 g/mol. The van der Waals surface area contributed by atoms with Crippen LogP contribution in [-0.4, -0.2) is 37.2 Å². The third-order valence-electron chi connectivity index (χ3n) is 3.75. The van der Waals surface area contributed by atoms with Crippen LogP contribution in [0.15, 0.2) is 29.0 Å². The largest absolute Gasteiger partial charge is 0.390 e. The Balaban J connectivity index is 1.53. The molecule has 1 N–H and O–H groups in total. The molecular formula is C15H14N4O2S2. The van der Waals surface area contributed by atoms with Crippen molar-refractivity contribution in [3.05, 3.63) is 46.0 Å². The quantitative estimate of drug-likeness (QED) is 0.789. The molecule has 0 radical (unpaired) electrons. The number of thiazole rings is 1. The van der Waals surface area contributed by atoms with Crippen LogP contribution >= 0.6 is 22.7 Å². The molecule has 3 aromatic heterocycles. The molecule has 0 aliphatic carbocycles. The summed E-state index contributed by atoms with van der Waals surface area (Å²) in [6.45, 7) is 1.66. The summed E-state index contributed by atoms with van der Waals surface area (Å²) in [5.41, 5.74) is 2.08. The Labute approximate surface area is 140 Å². The van der Waals surface area contributed by atoms with Crippen molar-refractivity contribution >= 4 is 28.6 Å². The summed E-state index contributed by atoms with van der Waals surface area (Å²) in [7, 11) is 0. The minimum atomic E-state index is -0.0792. The highest BCUT2D eigenvalue weighted by Crippen LogP contribution is 2.28. The number of nitrogens with zero attached hydrogens (tertiary/aromatic N) is 4. The number of fused-ring (bicyclic) bond motifs is 1. The van der Waals surface area contributed by atoms with Crippen molar-refractivity contribution < 1.29 is 9.90 Å². The molecule has 0 spiro atoms. The Kier molecular flexibility index (Phi) is 3.72. The SMILES string of the molecule is O=C(c1csc(-c2cccs2)n1)N1CCn2nc(CO)cc2C1. The topological polar surface area (TPSA) is 71.2 Å². The van der Waals surface area contributed by atoms with E-state index in [9.17, 15) is 4.79 Å². The molecule has 0 unspecified atom stereocenters. The molecule has 0 atom stereocenters. The van der Waals surface area contributed by atoms with Crippen LogP contribution < -0.4 is 0 Å². The molecule has 3 aromatic rings. The Morgan fingerprint density at radius 2 is 2.26 bits per heavy atom. The van der Waals surface area contributed by atoms with Crippen molar-refractivity contribution in [3.63, 3.8) is 0 Å². The summed E-state index contributed by atoms with van der Waals surface area (Å²) in [5.74, 6) is -0.0537. The van der Waals surface area contributed by atoms with E-state index >= 15 is 0 Å². The zero-order chi connectivity index (χ0) is 15.8. The van der Waals surface area contributed by atoms with Crippen LogP contribution in [0.2, 0.25) is 0 Å². The summed E-state index contributed by atoms with van der Waals surface area (Å²) in [6, 6.07) is 5.83. The van der Waals surface area contributed by atoms with Crippen LogP contribution in [-0.2, 0) is 19.7 Å². The van der Waals surface area contributed by atoms with Gasteiger partial charge in [-0.2, -0.15) is 5.10 Å². The van der Waals surface area contributed by atoms with Crippen LogP contribution in [0.1, 0.15) is 21.9 Å². The van der Waals surface area contributed by atoms with Crippen molar-refractivity contribution in [3.8, 4) is 9.88 Å². The number of hydrogen-bond acceptors (Lipinski definition) is 6. The van der Waals surface area contributed by atoms with E-state index in [0.717, 1.165) is 15.6 Å². The first-order valence-electron chi connectivity index (χ1n) is 7.20. The van der Waals surface area contributed by atoms with E-state index < -0.39 is 0 Å². The molecule has 118 valence electrons. The van der Waals surface area contributed by atoms with Gasteiger partial charge in [0.1, 0.15) is 10.7 Å². The van der Waals surface area contributed by atoms with Gasteiger partial charge in [0.05, 0.1) is 36.0 Å². The fourth-order valence-electron chi connectivity index (χ4n) is 2.62. The second-order valence-corrected chi connectivity index (χ2v) is 7.06. The standard InChI is InChI=1S/C15H14N4O2S2/c20-8-10-6-11-7-18(3-4-19(11)17-10)15(21)12-9-23-14(16-12)13-2-1-5-22-13/h1-2,5-6,9,20H,3-4,7-8H2. The molecule has 0 saturated carbocycles. The number of aliphatic hydroxyl groups excluding tert-OH is 1. The first kappa shape index (κ1) is 14.6. The summed E-state index contributed by atoms with van der Waals surface area (Å²) in [6.07, 6.45) is 0. The zero-order valence-electron chi connectivity index (χ0n) is 12.2. The molecule has 1 aliphatic heterocycles. The van der Waals surface area contributed by atoms with E-state index in [1.165, 1.54) is 11.3 Å². The van der Waals surface area contributed by atoms with Gasteiger partial charge in [0, 0.05) is 11.9 Å². The maximum atomic E-state index is 12.7. The lowest BCUT2D eigenvalue weighted by Gasteiger charge is -2.27. The van der Waals surface area contributed by atoms with E-state index in [2.05, 4.69) is 10.1 Å². The third kappa shape index (κ3) is 2.69. The van der Waals surface area contributed by atoms with Gasteiger partial charge in [-0.05, 0) is 17.5 Å². The van der Waals surface area contributed by atoms with E-state index in [0.29, 0.717) is 31.0 Å². The summed E-state index contributed by atoms with van der Waals surface area (Å²) < 4.78 is 1.85. The molecule has 1 aliphatic rings. The lowest BCUT2D eigenvalue weighted by atomic mass is 10.2. The Morgan fingerprint density at radius 3 is 3.04 bits per heavy atom. The molecular weight excluding hydrogens is 332 g/mol. The number of rotatable bonds is 3. The van der Waals surface area contributed by atoms with E-state index in [4.69, 9.17) is 5.11 Å². The van der Waals surface area contributed by atoms with Crippen LogP contribution in [0.4, 0.5) is 0 Å². The highest BCUT2D eigenvalue weighted by molar-refractivity contribution is 7.20. The normalized spacial score (nSPS) is 14.0. The second-order valence-electron chi connectivity index (χ2n) is 5.25. The number of aromatic nitrogens is 3. The van der Waals surface area contributed by atoms with Gasteiger partial charge in [-0.25, -0.2) is 4.98 Å². The number of amides is 1. The fourth-order valence-corrected chi connectivity index (χ4v) is 4.23. The lowest BCUT2D eigenvalue weighted by molar-refractivity contribution is 0.0701. The van der Waals surface area contributed by atoms with Crippen molar-refractivity contribution in [1.29, 1.82) is 0 Å². The molecule has 0 bridgehead atoms. The minimum absolute atomic E-state index is 0.0537. The van der Waals surface area contributed by atoms with Gasteiger partial charge in [0.25, 0.3) is 5.91 Å². The second kappa shape index (κ2) is 5.88. The van der Waals surface area contributed by atoms with Crippen LogP contribution in [0.25, 0.3) is 9.88 Å². The van der Waals surface area contributed by atoms with E-state index in [1.54, 1.807) is 16.2 Å². The van der Waals surface area contributed by atoms with Gasteiger partial charge >= 0.3 is 0 Å². The number of hydrogen-bond donors (Lipinski definition) is 1. The van der Waals surface area contributed by atoms with Crippen molar-refractivity contribution in [2.45, 2.75) is 19.7 Å². The summed E-state index contributed by atoms with van der Waals surface area (Å²) in [4.78, 5) is 20.0. The fraction of sp³-hybridized carbons (Fsp3) is 0.267. The van der Waals surface area contributed by atoms with Crippen LogP contribution in [0.5, 0.6) is 0 Å². The maximum Gasteiger partial charge on any atom is 0.273 e. The molecule has 0 aromatic carbocycles. The number of carbonyl (C=O) groups is 1. The average Bonchev–Trinajstić information content (AvgIpc) is 3.31. The third-order valence-corrected chi connectivity index (χ3v) is 5.63. The van der Waals surface area contributed by atoms with Gasteiger partial charge < -0.3 is 10.0 Å². The summed E-state index contributed by atoms with van der Waals surface area (Å²) >= 11 is 3.11. The van der Waals surface area contributed by atoms with E-state index in [1.807, 2.05) is 33.6 Å².